The molecule has 2 aromatic rings. The van der Waals surface area contributed by atoms with Gasteiger partial charge in [0, 0.05) is 26.6 Å². The summed E-state index contributed by atoms with van der Waals surface area (Å²) >= 11 is 14.3. The second kappa shape index (κ2) is 9.18. The summed E-state index contributed by atoms with van der Waals surface area (Å²) in [5, 5.41) is 5.76. The van der Waals surface area contributed by atoms with E-state index in [2.05, 4.69) is 15.3 Å². The summed E-state index contributed by atoms with van der Waals surface area (Å²) in [5.74, 6) is 0. The Balaban J connectivity index is 2.05. The lowest BCUT2D eigenvalue weighted by Crippen LogP contribution is -2.52. The van der Waals surface area contributed by atoms with E-state index in [1.807, 2.05) is 17.4 Å². The molecule has 0 aliphatic carbocycles. The Morgan fingerprint density at radius 3 is 2.59 bits per heavy atom. The van der Waals surface area contributed by atoms with E-state index in [0.29, 0.717) is 32.9 Å². The molecule has 0 radical (unpaired) electrons. The second-order valence-corrected chi connectivity index (χ2v) is 7.14. The standard InChI is InChI=1S/C17H19Cl2N5O2S/c1-25-13(26-2)8-20-16-22-15-10(7-21-17(23-15)27-3)9-24(16)14-11(18)5-4-6-12(14)19/h4-7,9,13,16,20H,8H2,1-3H3. The highest BCUT2D eigenvalue weighted by Crippen LogP contribution is 2.35. The van der Waals surface area contributed by atoms with Gasteiger partial charge in [-0.25, -0.2) is 15.0 Å². The number of benzene rings is 1. The van der Waals surface area contributed by atoms with Gasteiger partial charge in [0.15, 0.2) is 23.2 Å². The van der Waals surface area contributed by atoms with Crippen molar-refractivity contribution < 1.29 is 9.47 Å². The smallest absolute Gasteiger partial charge is 0.189 e. The number of halogens is 2. The Kier molecular flexibility index (Phi) is 6.91. The third-order valence-electron chi connectivity index (χ3n) is 3.93. The van der Waals surface area contributed by atoms with E-state index in [-0.39, 0.29) is 0 Å². The van der Waals surface area contributed by atoms with Crippen molar-refractivity contribution in [2.75, 3.05) is 31.9 Å². The van der Waals surface area contributed by atoms with Crippen LogP contribution >= 0.6 is 35.0 Å². The van der Waals surface area contributed by atoms with Crippen LogP contribution in [-0.2, 0) is 9.47 Å². The van der Waals surface area contributed by atoms with Crippen LogP contribution in [0.25, 0.3) is 6.20 Å². The van der Waals surface area contributed by atoms with Gasteiger partial charge in [-0.1, -0.05) is 41.0 Å². The average molecular weight is 428 g/mol. The fourth-order valence-corrected chi connectivity index (χ4v) is 3.52. The molecule has 0 spiro atoms. The lowest BCUT2D eigenvalue weighted by atomic mass is 10.2. The molecule has 144 valence electrons. The molecule has 1 aromatic carbocycles. The van der Waals surface area contributed by atoms with Gasteiger partial charge >= 0.3 is 0 Å². The summed E-state index contributed by atoms with van der Waals surface area (Å²) in [6.07, 6.45) is 4.62. The van der Waals surface area contributed by atoms with Crippen LogP contribution in [0.3, 0.4) is 0 Å². The molecular weight excluding hydrogens is 409 g/mol. The maximum atomic E-state index is 6.42. The number of anilines is 1. The molecule has 0 saturated carbocycles. The van der Waals surface area contributed by atoms with Crippen molar-refractivity contribution in [2.45, 2.75) is 17.7 Å². The Morgan fingerprint density at radius 2 is 1.96 bits per heavy atom. The summed E-state index contributed by atoms with van der Waals surface area (Å²) in [4.78, 5) is 15.4. The van der Waals surface area contributed by atoms with Crippen molar-refractivity contribution in [2.24, 2.45) is 4.99 Å². The Labute approximate surface area is 171 Å². The number of para-hydroxylation sites is 1. The van der Waals surface area contributed by atoms with E-state index < -0.39 is 12.6 Å². The van der Waals surface area contributed by atoms with Crippen molar-refractivity contribution in [3.8, 4) is 0 Å². The first kappa shape index (κ1) is 20.3. The molecule has 0 amide bonds. The van der Waals surface area contributed by atoms with E-state index in [1.54, 1.807) is 38.6 Å². The zero-order valence-electron chi connectivity index (χ0n) is 15.0. The van der Waals surface area contributed by atoms with Gasteiger partial charge in [0.2, 0.25) is 0 Å². The van der Waals surface area contributed by atoms with Crippen molar-refractivity contribution in [1.29, 1.82) is 0 Å². The highest BCUT2D eigenvalue weighted by atomic mass is 35.5. The number of rotatable bonds is 7. The fourth-order valence-electron chi connectivity index (χ4n) is 2.59. The molecule has 2 heterocycles. The molecule has 1 atom stereocenters. The molecule has 1 aliphatic rings. The minimum absolute atomic E-state index is 0.406. The Morgan fingerprint density at radius 1 is 1.26 bits per heavy atom. The third-order valence-corrected chi connectivity index (χ3v) is 5.10. The number of aromatic nitrogens is 2. The summed E-state index contributed by atoms with van der Waals surface area (Å²) in [7, 11) is 3.16. The second-order valence-electron chi connectivity index (χ2n) is 5.55. The van der Waals surface area contributed by atoms with Crippen LogP contribution in [0.1, 0.15) is 0 Å². The molecule has 27 heavy (non-hydrogen) atoms. The number of methoxy groups -OCH3 is 2. The summed E-state index contributed by atoms with van der Waals surface area (Å²) in [6.45, 7) is 0.406. The number of hydrogen-bond donors (Lipinski definition) is 1. The topological polar surface area (TPSA) is 71.9 Å². The quantitative estimate of drug-likeness (QED) is 0.410. The highest BCUT2D eigenvalue weighted by molar-refractivity contribution is 7.98. The van der Waals surface area contributed by atoms with Crippen LogP contribution in [0.15, 0.2) is 34.5 Å². The third kappa shape index (κ3) is 4.53. The van der Waals surface area contributed by atoms with Gasteiger partial charge in [-0.15, -0.1) is 0 Å². The normalized spacial score (nSPS) is 16.1. The summed E-state index contributed by atoms with van der Waals surface area (Å²) < 4.78 is 10.5. The molecule has 0 bridgehead atoms. The number of ether oxygens (including phenoxy) is 2. The summed E-state index contributed by atoms with van der Waals surface area (Å²) in [6, 6.07) is 5.36. The van der Waals surface area contributed by atoms with E-state index >= 15 is 0 Å². The molecule has 1 aromatic heterocycles. The molecule has 0 saturated heterocycles. The molecule has 1 aliphatic heterocycles. The lowest BCUT2D eigenvalue weighted by Gasteiger charge is -2.32. The van der Waals surface area contributed by atoms with Crippen molar-refractivity contribution in [3.63, 3.8) is 0 Å². The zero-order valence-corrected chi connectivity index (χ0v) is 17.3. The number of fused-ring (bicyclic) bond motifs is 1. The van der Waals surface area contributed by atoms with Crippen LogP contribution in [-0.4, -0.2) is 49.6 Å². The van der Waals surface area contributed by atoms with Crippen LogP contribution in [0, 0.1) is 0 Å². The molecule has 1 unspecified atom stereocenters. The van der Waals surface area contributed by atoms with Gasteiger partial charge in [-0.3, -0.25) is 5.32 Å². The Hall–Kier alpha value is -1.42. The maximum absolute atomic E-state index is 6.42. The monoisotopic (exact) mass is 427 g/mol. The van der Waals surface area contributed by atoms with E-state index in [0.717, 1.165) is 5.22 Å². The van der Waals surface area contributed by atoms with Crippen LogP contribution in [0.2, 0.25) is 10.0 Å². The van der Waals surface area contributed by atoms with E-state index in [9.17, 15) is 0 Å². The van der Waals surface area contributed by atoms with Gasteiger partial charge < -0.3 is 14.4 Å². The molecule has 3 rings (SSSR count). The average Bonchev–Trinajstić information content (AvgIpc) is 2.68. The van der Waals surface area contributed by atoms with Gasteiger partial charge in [-0.05, 0) is 18.4 Å². The van der Waals surface area contributed by atoms with Crippen molar-refractivity contribution in [3.05, 3.63) is 45.1 Å². The SMILES string of the molecule is COC(CNC1N=c2nc(SC)ncc2=CN1c1c(Cl)cccc1Cl)OC. The van der Waals surface area contributed by atoms with Gasteiger partial charge in [0.05, 0.1) is 27.5 Å². The first-order chi connectivity index (χ1) is 13.1. The fraction of sp³-hybridized carbons (Fsp3) is 0.353. The van der Waals surface area contributed by atoms with E-state index in [1.165, 1.54) is 11.8 Å². The van der Waals surface area contributed by atoms with Crippen molar-refractivity contribution in [1.82, 2.24) is 15.3 Å². The first-order valence-electron chi connectivity index (χ1n) is 8.05. The lowest BCUT2D eigenvalue weighted by molar-refractivity contribution is -0.0997. The van der Waals surface area contributed by atoms with Gasteiger partial charge in [0.25, 0.3) is 0 Å². The van der Waals surface area contributed by atoms with E-state index in [4.69, 9.17) is 37.7 Å². The number of nitrogens with zero attached hydrogens (tertiary/aromatic N) is 4. The van der Waals surface area contributed by atoms with Crippen LogP contribution in [0.5, 0.6) is 0 Å². The van der Waals surface area contributed by atoms with Crippen molar-refractivity contribution >= 4 is 46.9 Å². The predicted molar refractivity (Wildman–Crippen MR) is 108 cm³/mol. The maximum Gasteiger partial charge on any atom is 0.189 e. The number of nitrogens with one attached hydrogen (secondary N) is 1. The van der Waals surface area contributed by atoms with Gasteiger partial charge in [-0.2, -0.15) is 0 Å². The first-order valence-corrected chi connectivity index (χ1v) is 10.0. The van der Waals surface area contributed by atoms with Crippen LogP contribution in [0.4, 0.5) is 5.69 Å². The minimum Gasteiger partial charge on any atom is -0.355 e. The summed E-state index contributed by atoms with van der Waals surface area (Å²) in [5.41, 5.74) is 1.24. The molecule has 10 heteroatoms. The molecule has 7 nitrogen and oxygen atoms in total. The highest BCUT2D eigenvalue weighted by Gasteiger charge is 2.24. The molecule has 1 N–H and O–H groups in total. The zero-order chi connectivity index (χ0) is 19.4. The van der Waals surface area contributed by atoms with Crippen LogP contribution < -0.4 is 20.9 Å². The Bertz CT molecular complexity index is 906. The molecular formula is C17H19Cl2N5O2S. The molecule has 0 fully saturated rings. The number of thioether (sulfide) groups is 1. The largest absolute Gasteiger partial charge is 0.355 e. The number of hydrogen-bond acceptors (Lipinski definition) is 8. The van der Waals surface area contributed by atoms with Gasteiger partial charge in [0.1, 0.15) is 0 Å². The predicted octanol–water partition coefficient (Wildman–Crippen LogP) is 1.88. The minimum atomic E-state index is -0.493.